The molecule has 0 heterocycles. The molecular weight excluding hydrogens is 228 g/mol. The zero-order valence-electron chi connectivity index (χ0n) is 11.8. The smallest absolute Gasteiger partial charge is 0.303 e. The molecule has 3 heteroatoms. The van der Waals surface area contributed by atoms with Crippen molar-refractivity contribution >= 4 is 5.97 Å². The molecule has 0 bridgehead atoms. The third-order valence-corrected chi connectivity index (χ3v) is 3.60. The summed E-state index contributed by atoms with van der Waals surface area (Å²) in [6, 6.07) is 3.92. The lowest BCUT2D eigenvalue weighted by atomic mass is 9.82. The van der Waals surface area contributed by atoms with E-state index in [0.29, 0.717) is 5.92 Å². The fourth-order valence-electron chi connectivity index (χ4n) is 2.33. The van der Waals surface area contributed by atoms with Crippen LogP contribution >= 0.6 is 0 Å². The van der Waals surface area contributed by atoms with E-state index in [-0.39, 0.29) is 12.3 Å². The molecule has 1 aromatic carbocycles. The van der Waals surface area contributed by atoms with Crippen LogP contribution < -0.4 is 4.74 Å². The van der Waals surface area contributed by atoms with Gasteiger partial charge in [-0.25, -0.2) is 0 Å². The Morgan fingerprint density at radius 2 is 1.89 bits per heavy atom. The minimum absolute atomic E-state index is 0.0482. The van der Waals surface area contributed by atoms with Crippen molar-refractivity contribution in [1.29, 1.82) is 0 Å². The molecule has 3 nitrogen and oxygen atoms in total. The predicted octanol–water partition coefficient (Wildman–Crippen LogP) is 3.53. The first kappa shape index (κ1) is 14.6. The minimum atomic E-state index is -0.749. The van der Waals surface area contributed by atoms with Gasteiger partial charge in [0.1, 0.15) is 5.75 Å². The topological polar surface area (TPSA) is 46.5 Å². The largest absolute Gasteiger partial charge is 0.496 e. The molecule has 0 fully saturated rings. The molecule has 0 aliphatic heterocycles. The van der Waals surface area contributed by atoms with E-state index >= 15 is 0 Å². The van der Waals surface area contributed by atoms with Gasteiger partial charge in [0.25, 0.3) is 0 Å². The third kappa shape index (κ3) is 3.03. The van der Waals surface area contributed by atoms with E-state index in [1.165, 1.54) is 0 Å². The summed E-state index contributed by atoms with van der Waals surface area (Å²) >= 11 is 0. The van der Waals surface area contributed by atoms with Gasteiger partial charge in [-0.3, -0.25) is 4.79 Å². The van der Waals surface area contributed by atoms with Gasteiger partial charge < -0.3 is 9.84 Å². The number of benzene rings is 1. The fraction of sp³-hybridized carbons (Fsp3) is 0.533. The van der Waals surface area contributed by atoms with Crippen LogP contribution in [0.3, 0.4) is 0 Å². The Morgan fingerprint density at radius 3 is 2.33 bits per heavy atom. The molecular formula is C15H22O3. The van der Waals surface area contributed by atoms with Gasteiger partial charge in [-0.1, -0.05) is 19.9 Å². The molecule has 1 rings (SSSR count). The van der Waals surface area contributed by atoms with E-state index in [4.69, 9.17) is 9.84 Å². The Hall–Kier alpha value is -1.51. The Morgan fingerprint density at radius 1 is 1.28 bits per heavy atom. The monoisotopic (exact) mass is 250 g/mol. The first-order valence-electron chi connectivity index (χ1n) is 6.24. The maximum absolute atomic E-state index is 11.0. The highest BCUT2D eigenvalue weighted by Gasteiger charge is 2.22. The summed E-state index contributed by atoms with van der Waals surface area (Å²) in [6.07, 6.45) is 0.171. The normalized spacial score (nSPS) is 12.6. The summed E-state index contributed by atoms with van der Waals surface area (Å²) in [5.41, 5.74) is 3.34. The van der Waals surface area contributed by atoms with Gasteiger partial charge in [0.2, 0.25) is 0 Å². The molecule has 18 heavy (non-hydrogen) atoms. The number of methoxy groups -OCH3 is 1. The first-order chi connectivity index (χ1) is 8.38. The number of ether oxygens (including phenoxy) is 1. The van der Waals surface area contributed by atoms with Crippen molar-refractivity contribution in [3.8, 4) is 5.75 Å². The van der Waals surface area contributed by atoms with Gasteiger partial charge in [0, 0.05) is 0 Å². The maximum Gasteiger partial charge on any atom is 0.303 e. The highest BCUT2D eigenvalue weighted by atomic mass is 16.5. The van der Waals surface area contributed by atoms with Crippen LogP contribution in [0, 0.1) is 19.8 Å². The van der Waals surface area contributed by atoms with Gasteiger partial charge in [0.15, 0.2) is 0 Å². The molecule has 0 spiro atoms. The second-order valence-electron chi connectivity index (χ2n) is 5.06. The Bertz CT molecular complexity index is 436. The molecule has 1 atom stereocenters. The number of hydrogen-bond donors (Lipinski definition) is 1. The van der Waals surface area contributed by atoms with Crippen LogP contribution in [0.2, 0.25) is 0 Å². The molecule has 0 aliphatic carbocycles. The van der Waals surface area contributed by atoms with Crippen LogP contribution in [0.4, 0.5) is 0 Å². The van der Waals surface area contributed by atoms with Crippen LogP contribution in [-0.2, 0) is 4.79 Å². The van der Waals surface area contributed by atoms with Crippen molar-refractivity contribution in [2.24, 2.45) is 5.92 Å². The molecule has 0 radical (unpaired) electrons. The van der Waals surface area contributed by atoms with Gasteiger partial charge in [-0.05, 0) is 48.4 Å². The van der Waals surface area contributed by atoms with Crippen LogP contribution in [-0.4, -0.2) is 18.2 Å². The summed E-state index contributed by atoms with van der Waals surface area (Å²) in [4.78, 5) is 11.0. The lowest BCUT2D eigenvalue weighted by molar-refractivity contribution is -0.137. The van der Waals surface area contributed by atoms with Crippen molar-refractivity contribution in [3.05, 3.63) is 28.8 Å². The second kappa shape index (κ2) is 5.89. The maximum atomic E-state index is 11.0. The number of carboxylic acids is 1. The average molecular weight is 250 g/mol. The lowest BCUT2D eigenvalue weighted by Crippen LogP contribution is -2.14. The third-order valence-electron chi connectivity index (χ3n) is 3.60. The molecule has 0 saturated heterocycles. The van der Waals surface area contributed by atoms with Crippen molar-refractivity contribution < 1.29 is 14.6 Å². The second-order valence-corrected chi connectivity index (χ2v) is 5.06. The fourth-order valence-corrected chi connectivity index (χ4v) is 2.33. The Balaban J connectivity index is 3.21. The number of carboxylic acid groups (broad SMARTS) is 1. The highest BCUT2D eigenvalue weighted by molar-refractivity contribution is 5.68. The minimum Gasteiger partial charge on any atom is -0.496 e. The molecule has 1 aromatic rings. The van der Waals surface area contributed by atoms with E-state index in [9.17, 15) is 4.79 Å². The number of aliphatic carboxylic acids is 1. The molecule has 1 N–H and O–H groups in total. The first-order valence-corrected chi connectivity index (χ1v) is 6.24. The van der Waals surface area contributed by atoms with Crippen LogP contribution in [0.15, 0.2) is 12.1 Å². The van der Waals surface area contributed by atoms with E-state index in [1.807, 2.05) is 26.0 Å². The lowest BCUT2D eigenvalue weighted by Gasteiger charge is -2.23. The van der Waals surface area contributed by atoms with Crippen molar-refractivity contribution in [2.75, 3.05) is 7.11 Å². The Kier molecular flexibility index (Phi) is 4.76. The standard InChI is InChI=1S/C15H22O3/c1-9(2)13(8-15(16)17)12-6-7-14(18-5)11(4)10(12)3/h6-7,9,13H,8H2,1-5H3,(H,16,17). The Labute approximate surface area is 109 Å². The van der Waals surface area contributed by atoms with Gasteiger partial charge in [-0.15, -0.1) is 0 Å². The predicted molar refractivity (Wildman–Crippen MR) is 72.3 cm³/mol. The molecule has 100 valence electrons. The molecule has 0 amide bonds. The van der Waals surface area contributed by atoms with Gasteiger partial charge in [-0.2, -0.15) is 0 Å². The van der Waals surface area contributed by atoms with E-state index in [2.05, 4.69) is 13.8 Å². The van der Waals surface area contributed by atoms with Crippen LogP contribution in [0.25, 0.3) is 0 Å². The highest BCUT2D eigenvalue weighted by Crippen LogP contribution is 2.34. The van der Waals surface area contributed by atoms with Crippen LogP contribution in [0.1, 0.15) is 42.9 Å². The van der Waals surface area contributed by atoms with E-state index in [0.717, 1.165) is 22.4 Å². The van der Waals surface area contributed by atoms with Crippen molar-refractivity contribution in [1.82, 2.24) is 0 Å². The van der Waals surface area contributed by atoms with Crippen LogP contribution in [0.5, 0.6) is 5.75 Å². The number of hydrogen-bond acceptors (Lipinski definition) is 2. The number of rotatable bonds is 5. The summed E-state index contributed by atoms with van der Waals surface area (Å²) < 4.78 is 5.29. The zero-order chi connectivity index (χ0) is 13.9. The quantitative estimate of drug-likeness (QED) is 0.869. The van der Waals surface area contributed by atoms with Gasteiger partial charge >= 0.3 is 5.97 Å². The summed E-state index contributed by atoms with van der Waals surface area (Å²) in [5.74, 6) is 0.454. The molecule has 0 aromatic heterocycles. The molecule has 0 saturated carbocycles. The average Bonchev–Trinajstić information content (AvgIpc) is 2.29. The van der Waals surface area contributed by atoms with E-state index < -0.39 is 5.97 Å². The van der Waals surface area contributed by atoms with E-state index in [1.54, 1.807) is 7.11 Å². The van der Waals surface area contributed by atoms with Crippen molar-refractivity contribution in [2.45, 2.75) is 40.0 Å². The molecule has 0 aliphatic rings. The zero-order valence-corrected chi connectivity index (χ0v) is 11.8. The SMILES string of the molecule is COc1ccc(C(CC(=O)O)C(C)C)c(C)c1C. The number of carbonyl (C=O) groups is 1. The summed E-state index contributed by atoms with van der Waals surface area (Å²) in [6.45, 7) is 8.17. The van der Waals surface area contributed by atoms with Gasteiger partial charge in [0.05, 0.1) is 13.5 Å². The summed E-state index contributed by atoms with van der Waals surface area (Å²) in [7, 11) is 1.65. The van der Waals surface area contributed by atoms with Crippen molar-refractivity contribution in [3.63, 3.8) is 0 Å². The summed E-state index contributed by atoms with van der Waals surface area (Å²) in [5, 5.41) is 9.03. The molecule has 1 unspecified atom stereocenters.